The van der Waals surface area contributed by atoms with Crippen LogP contribution in [0.5, 0.6) is 0 Å². The van der Waals surface area contributed by atoms with Crippen LogP contribution in [0, 0.1) is 11.8 Å². The fourth-order valence-electron chi connectivity index (χ4n) is 7.10. The van der Waals surface area contributed by atoms with Gasteiger partial charge in [0.2, 0.25) is 5.82 Å². The number of aromatic nitrogens is 4. The second-order valence-electron chi connectivity index (χ2n) is 13.0. The lowest BCUT2D eigenvalue weighted by Crippen LogP contribution is -2.67. The van der Waals surface area contributed by atoms with Gasteiger partial charge in [0.05, 0.1) is 5.69 Å². The largest absolute Gasteiger partial charge is 0.451 e. The Balaban J connectivity index is 1.27. The van der Waals surface area contributed by atoms with Gasteiger partial charge in [-0.3, -0.25) is 4.68 Å². The van der Waals surface area contributed by atoms with Gasteiger partial charge in [0.25, 0.3) is 8.32 Å². The number of hydrogen-bond acceptors (Lipinski definition) is 4. The zero-order chi connectivity index (χ0) is 29.9. The van der Waals surface area contributed by atoms with Crippen LogP contribution in [0.15, 0.2) is 79.0 Å². The summed E-state index contributed by atoms with van der Waals surface area (Å²) >= 11 is 0. The molecule has 6 rings (SSSR count). The molecule has 2 fully saturated rings. The van der Waals surface area contributed by atoms with Crippen molar-refractivity contribution in [2.75, 3.05) is 0 Å². The van der Waals surface area contributed by atoms with E-state index in [0.29, 0.717) is 23.4 Å². The number of benzene rings is 2. The van der Waals surface area contributed by atoms with Gasteiger partial charge in [-0.1, -0.05) is 81.4 Å². The van der Waals surface area contributed by atoms with Crippen LogP contribution in [-0.2, 0) is 10.6 Å². The highest BCUT2D eigenvalue weighted by atomic mass is 28.4. The van der Waals surface area contributed by atoms with E-state index in [-0.39, 0.29) is 22.9 Å². The molecular formula is C33H37F3N4OSi. The van der Waals surface area contributed by atoms with Crippen LogP contribution in [0.1, 0.15) is 70.9 Å². The van der Waals surface area contributed by atoms with Gasteiger partial charge in [0.15, 0.2) is 0 Å². The Morgan fingerprint density at radius 3 is 1.93 bits per heavy atom. The maximum Gasteiger partial charge on any atom is 0.451 e. The molecule has 0 amide bonds. The van der Waals surface area contributed by atoms with E-state index in [1.165, 1.54) is 16.4 Å². The van der Waals surface area contributed by atoms with Crippen molar-refractivity contribution in [2.24, 2.45) is 11.8 Å². The van der Waals surface area contributed by atoms with Crippen LogP contribution < -0.4 is 10.4 Å². The molecule has 2 aliphatic carbocycles. The van der Waals surface area contributed by atoms with Gasteiger partial charge in [-0.2, -0.15) is 18.3 Å². The van der Waals surface area contributed by atoms with Crippen molar-refractivity contribution in [1.29, 1.82) is 0 Å². The number of fused-ring (bicyclic) bond motifs is 1. The summed E-state index contributed by atoms with van der Waals surface area (Å²) in [5, 5.41) is 7.20. The molecule has 0 aliphatic heterocycles. The molecule has 2 unspecified atom stereocenters. The summed E-state index contributed by atoms with van der Waals surface area (Å²) < 4.78 is 49.2. The van der Waals surface area contributed by atoms with Crippen molar-refractivity contribution >= 4 is 18.7 Å². The molecule has 2 aromatic carbocycles. The Hall–Kier alpha value is -3.30. The first-order valence-corrected chi connectivity index (χ1v) is 16.6. The van der Waals surface area contributed by atoms with E-state index < -0.39 is 20.3 Å². The second kappa shape index (κ2) is 10.5. The van der Waals surface area contributed by atoms with Crippen LogP contribution in [0.4, 0.5) is 13.2 Å². The van der Waals surface area contributed by atoms with E-state index in [1.807, 2.05) is 10.7 Å². The molecule has 2 aromatic heterocycles. The summed E-state index contributed by atoms with van der Waals surface area (Å²) in [5.41, 5.74) is 1.72. The Bertz CT molecular complexity index is 1500. The van der Waals surface area contributed by atoms with Gasteiger partial charge in [0, 0.05) is 30.0 Å². The summed E-state index contributed by atoms with van der Waals surface area (Å²) in [4.78, 5) is 7.20. The normalized spacial score (nSPS) is 22.4. The third kappa shape index (κ3) is 5.00. The molecule has 0 N–H and O–H groups in total. The summed E-state index contributed by atoms with van der Waals surface area (Å²) in [5.74, 6) is 0.0987. The number of halogens is 3. The number of hydrogen-bond donors (Lipinski definition) is 0. The minimum Gasteiger partial charge on any atom is -0.404 e. The van der Waals surface area contributed by atoms with Gasteiger partial charge >= 0.3 is 6.18 Å². The Morgan fingerprint density at radius 1 is 0.857 bits per heavy atom. The fraction of sp³-hybridized carbons (Fsp3) is 0.424. The zero-order valence-electron chi connectivity index (χ0n) is 24.6. The highest BCUT2D eigenvalue weighted by Crippen LogP contribution is 2.64. The topological polar surface area (TPSA) is 52.8 Å². The molecule has 2 saturated carbocycles. The van der Waals surface area contributed by atoms with E-state index >= 15 is 0 Å². The van der Waals surface area contributed by atoms with Crippen molar-refractivity contribution in [3.63, 3.8) is 0 Å². The molecule has 2 heterocycles. The van der Waals surface area contributed by atoms with Gasteiger partial charge < -0.3 is 4.43 Å². The summed E-state index contributed by atoms with van der Waals surface area (Å²) in [7, 11) is -2.64. The molecule has 4 aromatic rings. The van der Waals surface area contributed by atoms with E-state index in [2.05, 4.69) is 105 Å². The number of rotatable bonds is 7. The Morgan fingerprint density at radius 2 is 1.43 bits per heavy atom. The molecule has 4 atom stereocenters. The summed E-state index contributed by atoms with van der Waals surface area (Å²) in [6.45, 7) is 11.0. The van der Waals surface area contributed by atoms with E-state index in [4.69, 9.17) is 9.52 Å². The first-order valence-electron chi connectivity index (χ1n) is 14.7. The predicted octanol–water partition coefficient (Wildman–Crippen LogP) is 7.01. The smallest absolute Gasteiger partial charge is 0.404 e. The van der Waals surface area contributed by atoms with E-state index in [0.717, 1.165) is 24.7 Å². The van der Waals surface area contributed by atoms with E-state index in [1.54, 1.807) is 0 Å². The molecule has 0 spiro atoms. The van der Waals surface area contributed by atoms with Crippen LogP contribution in [0.3, 0.4) is 0 Å². The molecular weight excluding hydrogens is 553 g/mol. The molecule has 5 nitrogen and oxygen atoms in total. The van der Waals surface area contributed by atoms with Crippen molar-refractivity contribution < 1.29 is 17.6 Å². The molecule has 0 bridgehead atoms. The SMILES string of the molecule is CC(C)n1nc(-c2ccnc(C(F)(F)F)n2)cc1C1[C@H]2CC(O[Si](c3ccccc3)(c3ccccc3)C(C)(C)C)C[C@@H]12. The van der Waals surface area contributed by atoms with Gasteiger partial charge in [-0.05, 0) is 66.1 Å². The second-order valence-corrected chi connectivity index (χ2v) is 17.2. The Kier molecular flexibility index (Phi) is 7.17. The van der Waals surface area contributed by atoms with Crippen molar-refractivity contribution in [3.8, 4) is 11.4 Å². The summed E-state index contributed by atoms with van der Waals surface area (Å²) in [6.07, 6.45) is -1.38. The van der Waals surface area contributed by atoms with Crippen LogP contribution in [0.2, 0.25) is 5.04 Å². The lowest BCUT2D eigenvalue weighted by molar-refractivity contribution is -0.144. The monoisotopic (exact) mass is 590 g/mol. The highest BCUT2D eigenvalue weighted by molar-refractivity contribution is 6.99. The molecule has 42 heavy (non-hydrogen) atoms. The summed E-state index contributed by atoms with van der Waals surface area (Å²) in [6, 6.07) is 25.0. The first-order chi connectivity index (χ1) is 19.9. The quantitative estimate of drug-likeness (QED) is 0.217. The van der Waals surface area contributed by atoms with Crippen molar-refractivity contribution in [2.45, 2.75) is 76.7 Å². The lowest BCUT2D eigenvalue weighted by Gasteiger charge is -2.45. The molecule has 220 valence electrons. The third-order valence-electron chi connectivity index (χ3n) is 8.93. The third-order valence-corrected chi connectivity index (χ3v) is 14.0. The van der Waals surface area contributed by atoms with Gasteiger partial charge in [-0.15, -0.1) is 0 Å². The minimum atomic E-state index is -4.60. The van der Waals surface area contributed by atoms with Gasteiger partial charge in [0.1, 0.15) is 5.69 Å². The van der Waals surface area contributed by atoms with Gasteiger partial charge in [-0.25, -0.2) is 9.97 Å². The standard InChI is InChI=1S/C33H37F3N4OSi/c1-21(2)40-29(20-28(39-40)27-16-17-37-31(38-27)33(34,35)36)30-25-18-22(19-26(25)30)41-42(32(3,4)5,23-12-8-6-9-13-23)24-14-10-7-11-15-24/h6-17,20-22,25-26,30H,18-19H2,1-5H3/t22?,25-,26+,30?. The van der Waals surface area contributed by atoms with Crippen LogP contribution >= 0.6 is 0 Å². The number of nitrogens with zero attached hydrogens (tertiary/aromatic N) is 4. The predicted molar refractivity (Wildman–Crippen MR) is 160 cm³/mol. The molecule has 0 radical (unpaired) electrons. The lowest BCUT2D eigenvalue weighted by atomic mass is 10.1. The molecule has 0 saturated heterocycles. The first kappa shape index (κ1) is 28.8. The minimum absolute atomic E-state index is 0.0724. The maximum absolute atomic E-state index is 13.3. The number of alkyl halides is 3. The van der Waals surface area contributed by atoms with Crippen molar-refractivity contribution in [1.82, 2.24) is 19.7 Å². The fourth-order valence-corrected chi connectivity index (χ4v) is 11.8. The maximum atomic E-state index is 13.3. The van der Waals surface area contributed by atoms with Crippen LogP contribution in [0.25, 0.3) is 11.4 Å². The Labute approximate surface area is 246 Å². The highest BCUT2D eigenvalue weighted by Gasteiger charge is 2.61. The average Bonchev–Trinajstić information content (AvgIpc) is 3.27. The molecule has 2 aliphatic rings. The molecule has 9 heteroatoms. The zero-order valence-corrected chi connectivity index (χ0v) is 25.6. The van der Waals surface area contributed by atoms with E-state index in [9.17, 15) is 13.2 Å². The van der Waals surface area contributed by atoms with Crippen molar-refractivity contribution in [3.05, 3.63) is 90.5 Å². The van der Waals surface area contributed by atoms with Crippen LogP contribution in [-0.4, -0.2) is 34.2 Å². The average molecular weight is 591 g/mol.